The Morgan fingerprint density at radius 2 is 1.18 bits per heavy atom. The first-order valence-corrected chi connectivity index (χ1v) is 20.0. The maximum Gasteiger partial charge on any atom is 0.408 e. The second-order valence-electron chi connectivity index (χ2n) is 11.5. The summed E-state index contributed by atoms with van der Waals surface area (Å²) in [6.45, 7) is 4.68. The number of alkyl carbamates (subject to hydrolysis) is 2. The van der Waals surface area contributed by atoms with Gasteiger partial charge in [-0.1, -0.05) is 101 Å². The minimum atomic E-state index is -1.10. The Morgan fingerprint density at radius 1 is 0.737 bits per heavy atom. The van der Waals surface area contributed by atoms with Crippen LogP contribution in [0.2, 0.25) is 0 Å². The first kappa shape index (κ1) is 50.2. The van der Waals surface area contributed by atoms with E-state index in [0.717, 1.165) is 38.4 Å². The van der Waals surface area contributed by atoms with Crippen molar-refractivity contribution < 1.29 is 43.7 Å². The average molecular weight is 1070 g/mol. The summed E-state index contributed by atoms with van der Waals surface area (Å²) in [5.74, 6) is -1.12. The highest BCUT2D eigenvalue weighted by atomic mass is 127. The Bertz CT molecular complexity index is 1970. The number of ketones is 1. The zero-order valence-electron chi connectivity index (χ0n) is 31.3. The molecule has 0 spiro atoms. The number of H-pyrrole nitrogens is 1. The Kier molecular flexibility index (Phi) is 24.4. The van der Waals surface area contributed by atoms with E-state index in [1.807, 2.05) is 116 Å². The molecule has 5 rings (SSSR count). The Morgan fingerprint density at radius 3 is 1.61 bits per heavy atom. The van der Waals surface area contributed by atoms with E-state index in [2.05, 4.69) is 81.7 Å². The van der Waals surface area contributed by atoms with Crippen LogP contribution in [-0.2, 0) is 32.3 Å². The van der Waals surface area contributed by atoms with Crippen LogP contribution in [-0.4, -0.2) is 61.5 Å². The van der Waals surface area contributed by atoms with Crippen molar-refractivity contribution in [3.8, 4) is 11.3 Å². The second kappa shape index (κ2) is 27.7. The number of nitrogens with one attached hydrogen (secondary N) is 3. The lowest BCUT2D eigenvalue weighted by molar-refractivity contribution is -0.139. The largest absolute Gasteiger partial charge is 0.481 e. The number of imidazole rings is 1. The fourth-order valence-corrected chi connectivity index (χ4v) is 5.10. The van der Waals surface area contributed by atoms with Crippen LogP contribution in [0.15, 0.2) is 115 Å². The molecule has 57 heavy (non-hydrogen) atoms. The number of ether oxygens (including phenoxy) is 2. The zero-order chi connectivity index (χ0) is 41.5. The van der Waals surface area contributed by atoms with Gasteiger partial charge in [0.25, 0.3) is 5.97 Å². The van der Waals surface area contributed by atoms with E-state index in [-0.39, 0.29) is 31.2 Å². The number of hydrogen-bond acceptors (Lipinski definition) is 9. The number of aromatic nitrogens is 2. The summed E-state index contributed by atoms with van der Waals surface area (Å²) < 4.78 is 12.4. The second-order valence-corrected chi connectivity index (χ2v) is 14.5. The van der Waals surface area contributed by atoms with E-state index in [9.17, 15) is 19.2 Å². The quantitative estimate of drug-likeness (QED) is 0.0415. The number of amides is 2. The van der Waals surface area contributed by atoms with Gasteiger partial charge in [0.1, 0.15) is 25.1 Å². The van der Waals surface area contributed by atoms with Crippen LogP contribution in [0.4, 0.5) is 9.59 Å². The molecule has 2 amide bonds. The van der Waals surface area contributed by atoms with Gasteiger partial charge in [-0.05, 0) is 100.0 Å². The predicted molar refractivity (Wildman–Crippen MR) is 237 cm³/mol. The molecule has 0 unspecified atom stereocenters. The van der Waals surface area contributed by atoms with E-state index < -0.39 is 30.2 Å². The van der Waals surface area contributed by atoms with Crippen molar-refractivity contribution in [2.45, 2.75) is 46.1 Å². The Labute approximate surface area is 366 Å². The van der Waals surface area contributed by atoms with Crippen molar-refractivity contribution in [3.63, 3.8) is 0 Å². The van der Waals surface area contributed by atoms with E-state index >= 15 is 0 Å². The van der Waals surface area contributed by atoms with Crippen molar-refractivity contribution >= 4 is 91.0 Å². The predicted octanol–water partition coefficient (Wildman–Crippen LogP) is 9.18. The summed E-state index contributed by atoms with van der Waals surface area (Å²) in [5.41, 5.74) is 4.53. The van der Waals surface area contributed by atoms with Gasteiger partial charge in [0.05, 0.1) is 23.3 Å². The molecule has 0 saturated carbocycles. The number of benzene rings is 4. The molecule has 17 heteroatoms. The van der Waals surface area contributed by atoms with Gasteiger partial charge in [-0.25, -0.2) is 14.6 Å². The van der Waals surface area contributed by atoms with Gasteiger partial charge >= 0.3 is 18.2 Å². The van der Waals surface area contributed by atoms with Crippen molar-refractivity contribution in [1.29, 1.82) is 0 Å². The number of carboxylic acids is 2. The molecule has 0 aliphatic carbocycles. The van der Waals surface area contributed by atoms with Crippen LogP contribution in [0, 0.1) is 7.14 Å². The molecule has 1 aromatic heterocycles. The van der Waals surface area contributed by atoms with Crippen molar-refractivity contribution in [2.75, 3.05) is 5.33 Å². The molecule has 1 heterocycles. The molecular weight excluding hydrogens is 1030 g/mol. The number of Topliss-reactive ketones (excluding diaryl/α,β-unsaturated/α-hetero) is 1. The number of carbonyl (C=O) groups is 5. The van der Waals surface area contributed by atoms with Crippen LogP contribution < -0.4 is 16.8 Å². The number of nitrogens with zero attached hydrogens (tertiary/aromatic N) is 1. The summed E-state index contributed by atoms with van der Waals surface area (Å²) in [4.78, 5) is 61.2. The smallest absolute Gasteiger partial charge is 0.408 e. The monoisotopic (exact) mass is 1070 g/mol. The number of carbonyl (C=O) groups excluding carboxylic acids is 3. The normalized spacial score (nSPS) is 10.7. The molecule has 2 atom stereocenters. The average Bonchev–Trinajstić information content (AvgIpc) is 3.68. The summed E-state index contributed by atoms with van der Waals surface area (Å²) in [5, 5.41) is 21.3. The third kappa shape index (κ3) is 21.3. The molecule has 0 fully saturated rings. The van der Waals surface area contributed by atoms with Crippen molar-refractivity contribution in [1.82, 2.24) is 26.8 Å². The minimum absolute atomic E-state index is 0. The highest BCUT2D eigenvalue weighted by Crippen LogP contribution is 2.20. The summed E-state index contributed by atoms with van der Waals surface area (Å²) >= 11 is 7.60. The van der Waals surface area contributed by atoms with E-state index in [4.69, 9.17) is 24.5 Å². The third-order valence-electron chi connectivity index (χ3n) is 6.91. The number of carboxylic acid groups (broad SMARTS) is 2. The van der Waals surface area contributed by atoms with Gasteiger partial charge in [0.15, 0.2) is 5.78 Å². The van der Waals surface area contributed by atoms with Gasteiger partial charge in [0.2, 0.25) is 0 Å². The molecule has 0 aliphatic heterocycles. The highest BCUT2D eigenvalue weighted by molar-refractivity contribution is 14.1. The molecular formula is C40H44BrI2N5O9. The van der Waals surface area contributed by atoms with Crippen molar-refractivity contribution in [2.24, 2.45) is 0 Å². The molecule has 5 aromatic rings. The lowest BCUT2D eigenvalue weighted by Crippen LogP contribution is -2.38. The fraction of sp³-hybridized carbons (Fsp3) is 0.200. The van der Waals surface area contributed by atoms with Gasteiger partial charge in [-0.2, -0.15) is 0 Å². The van der Waals surface area contributed by atoms with Gasteiger partial charge in [-0.3, -0.25) is 14.4 Å². The number of hydrogen-bond donors (Lipinski definition) is 6. The van der Waals surface area contributed by atoms with Crippen LogP contribution in [0.3, 0.4) is 0 Å². The molecule has 0 saturated heterocycles. The van der Waals surface area contributed by atoms with E-state index in [1.165, 1.54) is 10.5 Å². The lowest BCUT2D eigenvalue weighted by Gasteiger charge is -2.12. The molecule has 0 radical (unpaired) electrons. The van der Waals surface area contributed by atoms with Gasteiger partial charge in [-0.15, -0.1) is 0 Å². The topological polar surface area (TPSA) is 232 Å². The van der Waals surface area contributed by atoms with Crippen LogP contribution in [0.1, 0.15) is 54.1 Å². The highest BCUT2D eigenvalue weighted by Gasteiger charge is 2.15. The first-order chi connectivity index (χ1) is 26.7. The van der Waals surface area contributed by atoms with E-state index in [0.29, 0.717) is 11.2 Å². The molecule has 8 N–H and O–H groups in total. The fourth-order valence-electron chi connectivity index (χ4n) is 4.06. The molecule has 0 bridgehead atoms. The number of aromatic amines is 1. The Balaban J connectivity index is 0.000000436. The van der Waals surface area contributed by atoms with E-state index in [1.54, 1.807) is 6.20 Å². The van der Waals surface area contributed by atoms with Crippen LogP contribution in [0.25, 0.3) is 11.3 Å². The molecule has 0 aliphatic rings. The maximum atomic E-state index is 11.9. The van der Waals surface area contributed by atoms with Gasteiger partial charge < -0.3 is 41.5 Å². The summed E-state index contributed by atoms with van der Waals surface area (Å²) in [6.07, 6.45) is 0.563. The number of rotatable bonds is 11. The van der Waals surface area contributed by atoms with Crippen molar-refractivity contribution in [3.05, 3.63) is 145 Å². The minimum Gasteiger partial charge on any atom is -0.481 e. The standard InChI is InChI=1S/C19H18IN3O2.C11H13NO4.C8H6BrIO.C2H4O2.H3N/c1-13(22-19(24)25-12-14-5-3-2-4-6-14)18-21-11-17(23-18)15-7-9-16(20)10-8-15;1-8(10(13)14)12-11(15)16-7-9-5-3-2-4-6-9;9-5-8(11)6-1-3-7(10)4-2-6;1-2(3)4;/h2-11,13H,12H2,1H3,(H,21,23)(H,22,24);2-6,8H,7H2,1H3,(H,12,15)(H,13,14);1-4H,5H2;1H3,(H,3,4);1H3/t13-;8-;;;/m00.../s1. The van der Waals surface area contributed by atoms with Crippen LogP contribution >= 0.6 is 61.1 Å². The zero-order valence-corrected chi connectivity index (χ0v) is 37.2. The first-order valence-electron chi connectivity index (χ1n) is 16.7. The molecule has 304 valence electrons. The molecule has 4 aromatic carbocycles. The summed E-state index contributed by atoms with van der Waals surface area (Å²) in [6, 6.07) is 33.2. The number of aliphatic carboxylic acids is 2. The Hall–Kier alpha value is -4.86. The summed E-state index contributed by atoms with van der Waals surface area (Å²) in [7, 11) is 0. The molecule has 14 nitrogen and oxygen atoms in total. The SMILES string of the molecule is CC(=O)O.C[C@H](NC(=O)OCc1ccccc1)C(=O)O.C[C@H](NC(=O)OCc1ccccc1)c1ncc(-c2ccc(I)cc2)[nH]1.N.O=C(CBr)c1ccc(I)cc1. The number of halogens is 3. The van der Waals surface area contributed by atoms with Crippen LogP contribution in [0.5, 0.6) is 0 Å². The third-order valence-corrected chi connectivity index (χ3v) is 8.86. The van der Waals surface area contributed by atoms with Gasteiger partial charge in [0, 0.05) is 19.6 Å². The lowest BCUT2D eigenvalue weighted by atomic mass is 10.2. The maximum absolute atomic E-state index is 11.9. The number of alkyl halides is 1.